The lowest BCUT2D eigenvalue weighted by molar-refractivity contribution is 0.0899. The van der Waals surface area contributed by atoms with Gasteiger partial charge in [0.05, 0.1) is 13.2 Å². The second-order valence-corrected chi connectivity index (χ2v) is 5.32. The molecule has 1 unspecified atom stereocenters. The van der Waals surface area contributed by atoms with E-state index in [0.29, 0.717) is 26.2 Å². The van der Waals surface area contributed by atoms with Crippen molar-refractivity contribution >= 4 is 8.80 Å². The van der Waals surface area contributed by atoms with Crippen molar-refractivity contribution in [1.82, 2.24) is 0 Å². The molecule has 13 heavy (non-hydrogen) atoms. The first-order valence-electron chi connectivity index (χ1n) is 4.36. The van der Waals surface area contributed by atoms with Crippen LogP contribution in [0, 0.1) is 0 Å². The highest BCUT2D eigenvalue weighted by atomic mass is 28.4. The molecule has 0 aromatic rings. The van der Waals surface area contributed by atoms with Gasteiger partial charge in [0.2, 0.25) is 0 Å². The second-order valence-electron chi connectivity index (χ2n) is 3.17. The van der Waals surface area contributed by atoms with E-state index in [1.165, 1.54) is 6.55 Å². The molecule has 2 N–H and O–H groups in total. The molecule has 5 nitrogen and oxygen atoms in total. The summed E-state index contributed by atoms with van der Waals surface area (Å²) in [5, 5.41) is 0. The predicted molar refractivity (Wildman–Crippen MR) is 47.2 cm³/mol. The van der Waals surface area contributed by atoms with Crippen LogP contribution in [0.2, 0.25) is 6.55 Å². The van der Waals surface area contributed by atoms with Crippen molar-refractivity contribution in [1.29, 1.82) is 0 Å². The van der Waals surface area contributed by atoms with Gasteiger partial charge in [-0.25, -0.2) is 0 Å². The molecule has 0 aliphatic carbocycles. The molecular formula is C7H16O5Si. The van der Waals surface area contributed by atoms with Crippen LogP contribution in [-0.2, 0) is 13.9 Å². The van der Waals surface area contributed by atoms with Crippen molar-refractivity contribution in [2.75, 3.05) is 26.4 Å². The van der Waals surface area contributed by atoms with Crippen molar-refractivity contribution in [2.24, 2.45) is 0 Å². The van der Waals surface area contributed by atoms with Crippen molar-refractivity contribution in [3.63, 3.8) is 0 Å². The van der Waals surface area contributed by atoms with Crippen LogP contribution in [0.5, 0.6) is 0 Å². The Morgan fingerprint density at radius 1 is 1.46 bits per heavy atom. The Kier molecular flexibility index (Phi) is 4.30. The fourth-order valence-corrected chi connectivity index (χ4v) is 1.34. The minimum absolute atomic E-state index is 0.288. The lowest BCUT2D eigenvalue weighted by atomic mass is 10.5. The van der Waals surface area contributed by atoms with E-state index in [9.17, 15) is 0 Å². The normalized spacial score (nSPS) is 21.9. The first kappa shape index (κ1) is 11.1. The van der Waals surface area contributed by atoms with Crippen LogP contribution < -0.4 is 0 Å². The van der Waals surface area contributed by atoms with Gasteiger partial charge in [-0.05, 0) is 6.42 Å². The third-order valence-corrected chi connectivity index (χ3v) is 2.27. The molecule has 0 aromatic heterocycles. The third kappa shape index (κ3) is 7.12. The Bertz CT molecular complexity index is 142. The molecule has 0 amide bonds. The molecule has 1 aliphatic heterocycles. The maximum atomic E-state index is 8.88. The number of epoxide rings is 1. The van der Waals surface area contributed by atoms with E-state index in [4.69, 9.17) is 23.5 Å². The van der Waals surface area contributed by atoms with Crippen LogP contribution in [0.3, 0.4) is 0 Å². The van der Waals surface area contributed by atoms with E-state index in [-0.39, 0.29) is 6.10 Å². The van der Waals surface area contributed by atoms with E-state index in [0.717, 1.165) is 6.61 Å². The van der Waals surface area contributed by atoms with E-state index < -0.39 is 8.80 Å². The quantitative estimate of drug-likeness (QED) is 0.331. The van der Waals surface area contributed by atoms with Gasteiger partial charge in [-0.1, -0.05) is 0 Å². The van der Waals surface area contributed by atoms with E-state index in [1.54, 1.807) is 0 Å². The summed E-state index contributed by atoms with van der Waals surface area (Å²) in [7, 11) is -3.31. The smallest absolute Gasteiger partial charge is 0.390 e. The summed E-state index contributed by atoms with van der Waals surface area (Å²) in [4.78, 5) is 17.8. The Morgan fingerprint density at radius 3 is 2.69 bits per heavy atom. The Morgan fingerprint density at radius 2 is 2.15 bits per heavy atom. The van der Waals surface area contributed by atoms with Gasteiger partial charge in [-0.2, -0.15) is 0 Å². The molecule has 6 heteroatoms. The summed E-state index contributed by atoms with van der Waals surface area (Å²) in [6.07, 6.45) is 0.965. The number of ether oxygens (including phenoxy) is 2. The Hall–Kier alpha value is 0.0169. The number of rotatable bonds is 7. The average Bonchev–Trinajstić information content (AvgIpc) is 2.77. The number of hydrogen-bond acceptors (Lipinski definition) is 5. The van der Waals surface area contributed by atoms with Crippen molar-refractivity contribution in [2.45, 2.75) is 19.1 Å². The Balaban J connectivity index is 1.78. The predicted octanol–water partition coefficient (Wildman–Crippen LogP) is -0.638. The standard InChI is InChI=1S/C7H16O5Si/c1-13(8,9)12-4-2-3-10-5-7-6-11-7/h7-9H,2-6H2,1H3. The first-order valence-corrected chi connectivity index (χ1v) is 6.66. The highest BCUT2D eigenvalue weighted by Crippen LogP contribution is 2.08. The molecule has 1 rings (SSSR count). The van der Waals surface area contributed by atoms with Gasteiger partial charge < -0.3 is 23.5 Å². The van der Waals surface area contributed by atoms with Gasteiger partial charge in [-0.3, -0.25) is 0 Å². The largest absolute Gasteiger partial charge is 0.492 e. The molecule has 1 atom stereocenters. The molecule has 0 bridgehead atoms. The molecular weight excluding hydrogens is 192 g/mol. The van der Waals surface area contributed by atoms with Crippen LogP contribution in [0.15, 0.2) is 0 Å². The maximum Gasteiger partial charge on any atom is 0.492 e. The summed E-state index contributed by atoms with van der Waals surface area (Å²) < 4.78 is 15.0. The zero-order valence-corrected chi connectivity index (χ0v) is 8.73. The van der Waals surface area contributed by atoms with Gasteiger partial charge in [0.1, 0.15) is 6.10 Å². The van der Waals surface area contributed by atoms with Crippen LogP contribution in [-0.4, -0.2) is 50.9 Å². The highest BCUT2D eigenvalue weighted by Gasteiger charge is 2.24. The fraction of sp³-hybridized carbons (Fsp3) is 1.00. The average molecular weight is 208 g/mol. The molecule has 1 fully saturated rings. The highest BCUT2D eigenvalue weighted by molar-refractivity contribution is 6.56. The lowest BCUT2D eigenvalue weighted by Crippen LogP contribution is -2.35. The molecule has 1 saturated heterocycles. The second kappa shape index (κ2) is 5.04. The van der Waals surface area contributed by atoms with Gasteiger partial charge in [-0.15, -0.1) is 0 Å². The van der Waals surface area contributed by atoms with Crippen LogP contribution in [0.25, 0.3) is 0 Å². The van der Waals surface area contributed by atoms with E-state index in [1.807, 2.05) is 0 Å². The summed E-state index contributed by atoms with van der Waals surface area (Å²) in [6, 6.07) is 0. The SMILES string of the molecule is C[Si](O)(O)OCCCOCC1CO1. The van der Waals surface area contributed by atoms with E-state index in [2.05, 4.69) is 0 Å². The van der Waals surface area contributed by atoms with E-state index >= 15 is 0 Å². The van der Waals surface area contributed by atoms with Gasteiger partial charge in [0, 0.05) is 19.8 Å². The zero-order chi connectivity index (χ0) is 9.73. The van der Waals surface area contributed by atoms with Crippen molar-refractivity contribution in [3.05, 3.63) is 0 Å². The molecule has 0 aromatic carbocycles. The van der Waals surface area contributed by atoms with Crippen molar-refractivity contribution in [3.8, 4) is 0 Å². The van der Waals surface area contributed by atoms with Crippen LogP contribution in [0.1, 0.15) is 6.42 Å². The third-order valence-electron chi connectivity index (χ3n) is 1.51. The zero-order valence-electron chi connectivity index (χ0n) is 7.73. The minimum atomic E-state index is -3.31. The fourth-order valence-electron chi connectivity index (χ4n) is 0.806. The molecule has 1 heterocycles. The maximum absolute atomic E-state index is 8.88. The topological polar surface area (TPSA) is 71.5 Å². The summed E-state index contributed by atoms with van der Waals surface area (Å²) in [5.41, 5.74) is 0. The lowest BCUT2D eigenvalue weighted by Gasteiger charge is -2.11. The van der Waals surface area contributed by atoms with Crippen LogP contribution in [0.4, 0.5) is 0 Å². The van der Waals surface area contributed by atoms with Gasteiger partial charge >= 0.3 is 8.80 Å². The minimum Gasteiger partial charge on any atom is -0.390 e. The van der Waals surface area contributed by atoms with Gasteiger partial charge in [0.25, 0.3) is 0 Å². The molecule has 0 radical (unpaired) electrons. The van der Waals surface area contributed by atoms with Crippen LogP contribution >= 0.6 is 0 Å². The van der Waals surface area contributed by atoms with Crippen molar-refractivity contribution < 1.29 is 23.5 Å². The summed E-state index contributed by atoms with van der Waals surface area (Å²) in [5.74, 6) is 0. The molecule has 1 aliphatic rings. The monoisotopic (exact) mass is 208 g/mol. The first-order chi connectivity index (χ1) is 6.08. The molecule has 78 valence electrons. The summed E-state index contributed by atoms with van der Waals surface area (Å²) in [6.45, 7) is 3.65. The Labute approximate surface area is 78.6 Å². The van der Waals surface area contributed by atoms with Gasteiger partial charge in [0.15, 0.2) is 0 Å². The molecule has 0 spiro atoms. The number of hydrogen-bond donors (Lipinski definition) is 2. The molecule has 0 saturated carbocycles. The summed E-state index contributed by atoms with van der Waals surface area (Å²) >= 11 is 0.